The summed E-state index contributed by atoms with van der Waals surface area (Å²) in [4.78, 5) is 2.56. The van der Waals surface area contributed by atoms with E-state index in [1.807, 2.05) is 7.05 Å². The van der Waals surface area contributed by atoms with Gasteiger partial charge in [-0.1, -0.05) is 42.8 Å². The first-order chi connectivity index (χ1) is 9.91. The lowest BCUT2D eigenvalue weighted by atomic mass is 9.77. The van der Waals surface area contributed by atoms with Crippen LogP contribution in [0.4, 0.5) is 5.69 Å². The molecule has 1 heterocycles. The third-order valence-corrected chi connectivity index (χ3v) is 5.46. The van der Waals surface area contributed by atoms with Gasteiger partial charge in [-0.2, -0.15) is 0 Å². The SMILES string of the molecule is CNCc1ccc(N2CCCC(C(C)(C)C)CC2)cc1Br. The Morgan fingerprint density at radius 3 is 2.62 bits per heavy atom. The molecule has 0 aromatic heterocycles. The van der Waals surface area contributed by atoms with Crippen LogP contribution in [0, 0.1) is 11.3 Å². The van der Waals surface area contributed by atoms with Crippen molar-refractivity contribution >= 4 is 21.6 Å². The summed E-state index contributed by atoms with van der Waals surface area (Å²) in [6.07, 6.45) is 3.97. The van der Waals surface area contributed by atoms with E-state index in [1.54, 1.807) is 0 Å². The molecule has 0 radical (unpaired) electrons. The summed E-state index contributed by atoms with van der Waals surface area (Å²) < 4.78 is 1.21. The van der Waals surface area contributed by atoms with Crippen LogP contribution in [0.5, 0.6) is 0 Å². The average molecular weight is 353 g/mol. The zero-order valence-corrected chi connectivity index (χ0v) is 15.5. The van der Waals surface area contributed by atoms with E-state index in [0.29, 0.717) is 5.41 Å². The molecule has 1 fully saturated rings. The Balaban J connectivity index is 2.07. The first-order valence-electron chi connectivity index (χ1n) is 8.10. The molecule has 1 atom stereocenters. The maximum Gasteiger partial charge on any atom is 0.0377 e. The minimum atomic E-state index is 0.438. The lowest BCUT2D eigenvalue weighted by Crippen LogP contribution is -2.26. The number of nitrogens with zero attached hydrogens (tertiary/aromatic N) is 1. The monoisotopic (exact) mass is 352 g/mol. The highest BCUT2D eigenvalue weighted by atomic mass is 79.9. The molecule has 0 aliphatic carbocycles. The number of nitrogens with one attached hydrogen (secondary N) is 1. The van der Waals surface area contributed by atoms with Crippen molar-refractivity contribution in [3.8, 4) is 0 Å². The largest absolute Gasteiger partial charge is 0.371 e. The molecule has 0 saturated carbocycles. The van der Waals surface area contributed by atoms with Crippen molar-refractivity contribution in [1.29, 1.82) is 0 Å². The molecular weight excluding hydrogens is 324 g/mol. The molecule has 1 aliphatic rings. The van der Waals surface area contributed by atoms with Crippen LogP contribution in [0.25, 0.3) is 0 Å². The molecule has 1 saturated heterocycles. The van der Waals surface area contributed by atoms with Crippen molar-refractivity contribution in [2.24, 2.45) is 11.3 Å². The fourth-order valence-electron chi connectivity index (χ4n) is 3.29. The van der Waals surface area contributed by atoms with Gasteiger partial charge in [0.2, 0.25) is 0 Å². The third-order valence-electron chi connectivity index (χ3n) is 4.72. The lowest BCUT2D eigenvalue weighted by Gasteiger charge is -2.30. The van der Waals surface area contributed by atoms with Crippen molar-refractivity contribution in [2.75, 3.05) is 25.0 Å². The van der Waals surface area contributed by atoms with Crippen LogP contribution in [-0.4, -0.2) is 20.1 Å². The zero-order valence-electron chi connectivity index (χ0n) is 13.9. The number of hydrogen-bond donors (Lipinski definition) is 1. The van der Waals surface area contributed by atoms with E-state index in [9.17, 15) is 0 Å². The van der Waals surface area contributed by atoms with Crippen LogP contribution in [0.1, 0.15) is 45.6 Å². The van der Waals surface area contributed by atoms with Gasteiger partial charge in [-0.25, -0.2) is 0 Å². The Labute approximate surface area is 138 Å². The molecule has 1 aromatic carbocycles. The second-order valence-electron chi connectivity index (χ2n) is 7.29. The molecule has 2 nitrogen and oxygen atoms in total. The minimum absolute atomic E-state index is 0.438. The van der Waals surface area contributed by atoms with Gasteiger partial charge in [0.15, 0.2) is 0 Å². The van der Waals surface area contributed by atoms with Gasteiger partial charge < -0.3 is 10.2 Å². The average Bonchev–Trinajstić information content (AvgIpc) is 2.66. The summed E-state index contributed by atoms with van der Waals surface area (Å²) >= 11 is 3.71. The summed E-state index contributed by atoms with van der Waals surface area (Å²) in [5, 5.41) is 3.21. The molecule has 1 aliphatic heterocycles. The second kappa shape index (κ2) is 7.15. The second-order valence-corrected chi connectivity index (χ2v) is 8.14. The molecule has 0 bridgehead atoms. The lowest BCUT2D eigenvalue weighted by molar-refractivity contribution is 0.220. The van der Waals surface area contributed by atoms with Crippen LogP contribution in [-0.2, 0) is 6.54 Å². The minimum Gasteiger partial charge on any atom is -0.371 e. The van der Waals surface area contributed by atoms with Crippen LogP contribution in [0.3, 0.4) is 0 Å². The van der Waals surface area contributed by atoms with Crippen molar-refractivity contribution in [3.63, 3.8) is 0 Å². The van der Waals surface area contributed by atoms with E-state index in [4.69, 9.17) is 0 Å². The molecule has 1 N–H and O–H groups in total. The summed E-state index contributed by atoms with van der Waals surface area (Å²) in [7, 11) is 1.99. The normalized spacial score (nSPS) is 20.4. The molecule has 2 rings (SSSR count). The number of hydrogen-bond acceptors (Lipinski definition) is 2. The van der Waals surface area contributed by atoms with Crippen LogP contribution in [0.15, 0.2) is 22.7 Å². The van der Waals surface area contributed by atoms with Gasteiger partial charge in [0.25, 0.3) is 0 Å². The Hall–Kier alpha value is -0.540. The van der Waals surface area contributed by atoms with Crippen molar-refractivity contribution < 1.29 is 0 Å². The van der Waals surface area contributed by atoms with Gasteiger partial charge in [-0.05, 0) is 55.3 Å². The van der Waals surface area contributed by atoms with Gasteiger partial charge in [-0.3, -0.25) is 0 Å². The van der Waals surface area contributed by atoms with E-state index in [1.165, 1.54) is 48.1 Å². The Bertz CT molecular complexity index is 465. The number of benzene rings is 1. The van der Waals surface area contributed by atoms with E-state index in [-0.39, 0.29) is 0 Å². The van der Waals surface area contributed by atoms with Gasteiger partial charge >= 0.3 is 0 Å². The fourth-order valence-corrected chi connectivity index (χ4v) is 3.79. The predicted octanol–water partition coefficient (Wildman–Crippen LogP) is 4.82. The third kappa shape index (κ3) is 4.46. The highest BCUT2D eigenvalue weighted by molar-refractivity contribution is 9.10. The van der Waals surface area contributed by atoms with E-state index in [2.05, 4.69) is 65.1 Å². The van der Waals surface area contributed by atoms with Crippen LogP contribution < -0.4 is 10.2 Å². The van der Waals surface area contributed by atoms with Crippen molar-refractivity contribution in [1.82, 2.24) is 5.32 Å². The van der Waals surface area contributed by atoms with E-state index in [0.717, 1.165) is 12.5 Å². The Kier molecular flexibility index (Phi) is 5.73. The topological polar surface area (TPSA) is 15.3 Å². The molecule has 3 heteroatoms. The highest BCUT2D eigenvalue weighted by Gasteiger charge is 2.27. The molecule has 1 unspecified atom stereocenters. The van der Waals surface area contributed by atoms with Gasteiger partial charge in [-0.15, -0.1) is 0 Å². The smallest absolute Gasteiger partial charge is 0.0377 e. The quantitative estimate of drug-likeness (QED) is 0.838. The fraction of sp³-hybridized carbons (Fsp3) is 0.667. The standard InChI is InChI=1S/C18H29BrN2/c1-18(2,3)15-6-5-10-21(11-9-15)16-8-7-14(13-20-4)17(19)12-16/h7-8,12,15,20H,5-6,9-11,13H2,1-4H3. The zero-order chi connectivity index (χ0) is 15.5. The summed E-state index contributed by atoms with van der Waals surface area (Å²) in [6, 6.07) is 6.79. The maximum atomic E-state index is 3.71. The number of anilines is 1. The van der Waals surface area contributed by atoms with Crippen LogP contribution in [0.2, 0.25) is 0 Å². The first kappa shape index (κ1) is 16.8. The van der Waals surface area contributed by atoms with Crippen molar-refractivity contribution in [3.05, 3.63) is 28.2 Å². The molecule has 1 aromatic rings. The number of halogens is 1. The molecule has 21 heavy (non-hydrogen) atoms. The highest BCUT2D eigenvalue weighted by Crippen LogP contribution is 2.35. The maximum absolute atomic E-state index is 3.71. The summed E-state index contributed by atoms with van der Waals surface area (Å²) in [5.74, 6) is 0.842. The van der Waals surface area contributed by atoms with Gasteiger partial charge in [0.05, 0.1) is 0 Å². The summed E-state index contributed by atoms with van der Waals surface area (Å²) in [5.41, 5.74) is 3.12. The van der Waals surface area contributed by atoms with Crippen molar-refractivity contribution in [2.45, 2.75) is 46.6 Å². The Morgan fingerprint density at radius 1 is 1.24 bits per heavy atom. The van der Waals surface area contributed by atoms with E-state index >= 15 is 0 Å². The molecule has 0 spiro atoms. The number of rotatable bonds is 3. The van der Waals surface area contributed by atoms with Crippen LogP contribution >= 0.6 is 15.9 Å². The Morgan fingerprint density at radius 2 is 2.00 bits per heavy atom. The molecular formula is C18H29BrN2. The van der Waals surface area contributed by atoms with Gasteiger partial charge in [0, 0.05) is 29.8 Å². The predicted molar refractivity (Wildman–Crippen MR) is 95.9 cm³/mol. The van der Waals surface area contributed by atoms with E-state index < -0.39 is 0 Å². The molecule has 118 valence electrons. The van der Waals surface area contributed by atoms with Gasteiger partial charge in [0.1, 0.15) is 0 Å². The summed E-state index contributed by atoms with van der Waals surface area (Å²) in [6.45, 7) is 10.4. The molecule has 0 amide bonds. The first-order valence-corrected chi connectivity index (χ1v) is 8.89.